The van der Waals surface area contributed by atoms with Gasteiger partial charge in [-0.15, -0.1) is 0 Å². The summed E-state index contributed by atoms with van der Waals surface area (Å²) in [6.45, 7) is 0.162. The SMILES string of the molecule is c1ccc([Si]2(c3ccccc3)c3ccccc3N(c3ccc4c(c3)B3c5ccccc5Sc5cccc(c53)S4)c3cc(-n4c5ccccc5c5ccccc54)ccc32)cc1. The zero-order valence-corrected chi connectivity index (χ0v) is 35.1. The quantitative estimate of drug-likeness (QED) is 0.164. The molecule has 3 aliphatic heterocycles. The van der Waals surface area contributed by atoms with Crippen LogP contribution in [0, 0.1) is 0 Å². The van der Waals surface area contributed by atoms with Crippen molar-refractivity contribution in [3.63, 3.8) is 0 Å². The van der Waals surface area contributed by atoms with Gasteiger partial charge >= 0.3 is 0 Å². The second-order valence-corrected chi connectivity index (χ2v) is 21.9. The zero-order valence-electron chi connectivity index (χ0n) is 32.5. The molecule has 0 radical (unpaired) electrons. The molecule has 0 spiro atoms. The third-order valence-electron chi connectivity index (χ3n) is 13.0. The Morgan fingerprint density at radius 2 is 0.933 bits per heavy atom. The third kappa shape index (κ3) is 4.81. The molecule has 0 saturated carbocycles. The Morgan fingerprint density at radius 3 is 1.65 bits per heavy atom. The van der Waals surface area contributed by atoms with E-state index in [0.717, 1.165) is 5.69 Å². The average Bonchev–Trinajstić information content (AvgIpc) is 3.65. The van der Waals surface area contributed by atoms with Crippen LogP contribution in [0.5, 0.6) is 0 Å². The van der Waals surface area contributed by atoms with Gasteiger partial charge in [0.25, 0.3) is 0 Å². The molecule has 0 N–H and O–H groups in total. The Hall–Kier alpha value is -6.44. The van der Waals surface area contributed by atoms with Gasteiger partial charge in [0.2, 0.25) is 6.71 Å². The van der Waals surface area contributed by atoms with Gasteiger partial charge in [-0.2, -0.15) is 0 Å². The van der Waals surface area contributed by atoms with Crippen molar-refractivity contribution in [3.8, 4) is 5.69 Å². The minimum absolute atomic E-state index is 0.162. The van der Waals surface area contributed by atoms with Crippen molar-refractivity contribution in [2.45, 2.75) is 19.6 Å². The Kier molecular flexibility index (Phi) is 7.62. The van der Waals surface area contributed by atoms with Crippen LogP contribution in [0.25, 0.3) is 27.5 Å². The highest BCUT2D eigenvalue weighted by atomic mass is 32.2. The van der Waals surface area contributed by atoms with Gasteiger partial charge in [-0.25, -0.2) is 0 Å². The highest BCUT2D eigenvalue weighted by molar-refractivity contribution is 8.01. The molecular formula is C54H35BN2S2Si. The van der Waals surface area contributed by atoms with E-state index >= 15 is 0 Å². The predicted octanol–water partition coefficient (Wildman–Crippen LogP) is 9.39. The van der Waals surface area contributed by atoms with Crippen molar-refractivity contribution in [3.05, 3.63) is 212 Å². The number of hydrogen-bond acceptors (Lipinski definition) is 3. The number of para-hydroxylation sites is 3. The summed E-state index contributed by atoms with van der Waals surface area (Å²) in [7, 11) is -2.87. The fourth-order valence-corrected chi connectivity index (χ4v) is 18.0. The van der Waals surface area contributed by atoms with Gasteiger partial charge in [0, 0.05) is 53.1 Å². The summed E-state index contributed by atoms with van der Waals surface area (Å²) >= 11 is 3.83. The molecule has 0 saturated heterocycles. The van der Waals surface area contributed by atoms with Crippen LogP contribution in [-0.4, -0.2) is 19.4 Å². The molecule has 10 aromatic rings. The van der Waals surface area contributed by atoms with E-state index in [1.807, 2.05) is 23.5 Å². The van der Waals surface area contributed by atoms with Crippen molar-refractivity contribution >= 4 is 114 Å². The van der Waals surface area contributed by atoms with Gasteiger partial charge in [-0.1, -0.05) is 180 Å². The normalized spacial score (nSPS) is 14.3. The number of hydrogen-bond donors (Lipinski definition) is 0. The van der Waals surface area contributed by atoms with E-state index in [0.29, 0.717) is 0 Å². The van der Waals surface area contributed by atoms with Gasteiger partial charge in [0.1, 0.15) is 0 Å². The summed E-state index contributed by atoms with van der Waals surface area (Å²) in [5.74, 6) is 0. The third-order valence-corrected chi connectivity index (χ3v) is 20.2. The molecule has 6 heteroatoms. The maximum absolute atomic E-state index is 2.87. The Morgan fingerprint density at radius 1 is 0.383 bits per heavy atom. The lowest BCUT2D eigenvalue weighted by Gasteiger charge is -2.45. The number of benzene rings is 9. The molecule has 0 amide bonds. The minimum Gasteiger partial charge on any atom is -0.311 e. The van der Waals surface area contributed by atoms with E-state index in [-0.39, 0.29) is 6.71 Å². The number of fused-ring (bicyclic) bond motifs is 9. The fourth-order valence-electron chi connectivity index (χ4n) is 10.6. The summed E-state index contributed by atoms with van der Waals surface area (Å²) in [6, 6.07) is 80.2. The number of rotatable bonds is 4. The first kappa shape index (κ1) is 34.4. The van der Waals surface area contributed by atoms with Gasteiger partial charge in [-0.05, 0) is 92.9 Å². The molecular weight excluding hydrogens is 780 g/mol. The fraction of sp³-hybridized carbons (Fsp3) is 0. The molecule has 0 unspecified atom stereocenters. The highest BCUT2D eigenvalue weighted by Gasteiger charge is 2.49. The summed E-state index contributed by atoms with van der Waals surface area (Å²) < 4.78 is 2.47. The van der Waals surface area contributed by atoms with Gasteiger partial charge < -0.3 is 9.47 Å². The first-order valence-electron chi connectivity index (χ1n) is 20.6. The molecule has 0 fully saturated rings. The Bertz CT molecular complexity index is 3260. The molecule has 13 rings (SSSR count). The first-order valence-corrected chi connectivity index (χ1v) is 24.3. The van der Waals surface area contributed by atoms with Crippen LogP contribution in [0.4, 0.5) is 17.1 Å². The monoisotopic (exact) mass is 814 g/mol. The van der Waals surface area contributed by atoms with Crippen LogP contribution in [0.15, 0.2) is 232 Å². The minimum atomic E-state index is -2.87. The van der Waals surface area contributed by atoms with Crippen molar-refractivity contribution in [2.24, 2.45) is 0 Å². The van der Waals surface area contributed by atoms with Crippen LogP contribution in [0.3, 0.4) is 0 Å². The van der Waals surface area contributed by atoms with Crippen LogP contribution in [-0.2, 0) is 0 Å². The maximum atomic E-state index is 2.59. The van der Waals surface area contributed by atoms with E-state index in [1.54, 1.807) is 0 Å². The van der Waals surface area contributed by atoms with E-state index in [2.05, 4.69) is 222 Å². The van der Waals surface area contributed by atoms with E-state index in [9.17, 15) is 0 Å². The number of aromatic nitrogens is 1. The molecule has 2 nitrogen and oxygen atoms in total. The van der Waals surface area contributed by atoms with Crippen LogP contribution in [0.2, 0.25) is 0 Å². The maximum Gasteiger partial charge on any atom is 0.247 e. The largest absolute Gasteiger partial charge is 0.311 e. The lowest BCUT2D eigenvalue weighted by Crippen LogP contribution is -2.77. The molecule has 280 valence electrons. The summed E-state index contributed by atoms with van der Waals surface area (Å²) in [5, 5.41) is 8.10. The van der Waals surface area contributed by atoms with E-state index < -0.39 is 8.07 Å². The van der Waals surface area contributed by atoms with Gasteiger partial charge in [0.05, 0.1) is 11.0 Å². The van der Waals surface area contributed by atoms with Gasteiger partial charge in [-0.3, -0.25) is 0 Å². The second-order valence-electron chi connectivity index (χ2n) is 16.0. The summed E-state index contributed by atoms with van der Waals surface area (Å²) in [6.07, 6.45) is 0. The molecule has 1 aromatic heterocycles. The topological polar surface area (TPSA) is 8.17 Å². The molecule has 4 heterocycles. The van der Waals surface area contributed by atoms with Crippen LogP contribution in [0.1, 0.15) is 0 Å². The van der Waals surface area contributed by atoms with E-state index in [1.165, 1.54) is 95.6 Å². The summed E-state index contributed by atoms with van der Waals surface area (Å²) in [4.78, 5) is 8.00. The highest BCUT2D eigenvalue weighted by Crippen LogP contribution is 2.43. The Balaban J connectivity index is 1.12. The molecule has 3 aliphatic rings. The Labute approximate surface area is 359 Å². The second kappa shape index (κ2) is 13.3. The first-order chi connectivity index (χ1) is 29.8. The van der Waals surface area contributed by atoms with E-state index in [4.69, 9.17) is 0 Å². The van der Waals surface area contributed by atoms with Crippen LogP contribution < -0.4 is 42.0 Å². The molecule has 0 bridgehead atoms. The van der Waals surface area contributed by atoms with Gasteiger partial charge in [0.15, 0.2) is 8.07 Å². The van der Waals surface area contributed by atoms with Crippen molar-refractivity contribution in [1.82, 2.24) is 4.57 Å². The predicted molar refractivity (Wildman–Crippen MR) is 258 cm³/mol. The lowest BCUT2D eigenvalue weighted by molar-refractivity contribution is 1.17. The van der Waals surface area contributed by atoms with Crippen molar-refractivity contribution in [2.75, 3.05) is 4.90 Å². The average molecular weight is 815 g/mol. The zero-order chi connectivity index (χ0) is 39.4. The summed E-state index contributed by atoms with van der Waals surface area (Å²) in [5.41, 5.74) is 11.5. The van der Waals surface area contributed by atoms with Crippen molar-refractivity contribution < 1.29 is 0 Å². The molecule has 9 aromatic carbocycles. The van der Waals surface area contributed by atoms with Crippen LogP contribution >= 0.6 is 23.5 Å². The number of anilines is 3. The molecule has 0 atom stereocenters. The smallest absolute Gasteiger partial charge is 0.247 e. The lowest BCUT2D eigenvalue weighted by atomic mass is 9.36. The standard InChI is InChI=1S/C54H35BN2S2Si/c1-3-16-38(17-4-1)60(39-18-5-2-6-19-39)52-29-14-12-25-46(52)57(47-35-37(31-33-53(47)60)56-44-23-10-7-20-40(44)41-21-8-11-24-45(41)56)36-30-32-49-43(34-36)55-42-22-9-13-26-48(42)58-50-27-15-28-51(59-49)54(50)55/h1-35H. The number of nitrogens with zero attached hydrogens (tertiary/aromatic N) is 2. The molecule has 0 aliphatic carbocycles. The van der Waals surface area contributed by atoms with Crippen molar-refractivity contribution in [1.29, 1.82) is 0 Å². The molecule has 60 heavy (non-hydrogen) atoms.